The van der Waals surface area contributed by atoms with Crippen LogP contribution in [0.3, 0.4) is 0 Å². The molecule has 0 saturated carbocycles. The molecule has 5 rings (SSSR count). The minimum Gasteiger partial charge on any atom is -0.378 e. The number of hydrogen-bond acceptors (Lipinski definition) is 8. The SMILES string of the molecule is CS(=O)(=O)c1nnc(-c2ccc3c(c2)C(c2cccc(N4CCOCC4)n2)=CC3)s1. The predicted molar refractivity (Wildman–Crippen MR) is 117 cm³/mol. The van der Waals surface area contributed by atoms with Gasteiger partial charge < -0.3 is 9.64 Å². The quantitative estimate of drug-likeness (QED) is 0.617. The van der Waals surface area contributed by atoms with Gasteiger partial charge in [-0.1, -0.05) is 35.6 Å². The largest absolute Gasteiger partial charge is 0.378 e. The highest BCUT2D eigenvalue weighted by atomic mass is 32.2. The van der Waals surface area contributed by atoms with Crippen LogP contribution in [0.5, 0.6) is 0 Å². The molecule has 0 bridgehead atoms. The third kappa shape index (κ3) is 3.64. The fourth-order valence-electron chi connectivity index (χ4n) is 3.72. The Morgan fingerprint density at radius 2 is 1.93 bits per heavy atom. The molecule has 0 amide bonds. The average Bonchev–Trinajstić information content (AvgIpc) is 3.41. The maximum absolute atomic E-state index is 11.7. The van der Waals surface area contributed by atoms with Crippen LogP contribution in [0.4, 0.5) is 5.82 Å². The van der Waals surface area contributed by atoms with Gasteiger partial charge >= 0.3 is 0 Å². The van der Waals surface area contributed by atoms with Gasteiger partial charge in [0.1, 0.15) is 10.8 Å². The van der Waals surface area contributed by atoms with Crippen LogP contribution >= 0.6 is 11.3 Å². The second-order valence-corrected chi connectivity index (χ2v) is 10.5. The maximum atomic E-state index is 11.7. The van der Waals surface area contributed by atoms with Gasteiger partial charge in [0.25, 0.3) is 0 Å². The van der Waals surface area contributed by atoms with Gasteiger partial charge in [-0.15, -0.1) is 10.2 Å². The lowest BCUT2D eigenvalue weighted by atomic mass is 10.0. The Bertz CT molecular complexity index is 1240. The summed E-state index contributed by atoms with van der Waals surface area (Å²) in [5.74, 6) is 0.961. The van der Waals surface area contributed by atoms with Gasteiger partial charge in [-0.05, 0) is 35.7 Å². The number of aromatic nitrogens is 3. The van der Waals surface area contributed by atoms with Crippen molar-refractivity contribution < 1.29 is 13.2 Å². The van der Waals surface area contributed by atoms with Gasteiger partial charge in [-0.25, -0.2) is 13.4 Å². The fraction of sp³-hybridized carbons (Fsp3) is 0.286. The van der Waals surface area contributed by atoms with E-state index in [2.05, 4.69) is 33.3 Å². The molecule has 2 aromatic heterocycles. The van der Waals surface area contributed by atoms with Crippen molar-refractivity contribution in [2.24, 2.45) is 0 Å². The second-order valence-electron chi connectivity index (χ2n) is 7.32. The lowest BCUT2D eigenvalue weighted by molar-refractivity contribution is 0.122. The minimum absolute atomic E-state index is 0.0358. The molecule has 3 aromatic rings. The van der Waals surface area contributed by atoms with E-state index in [0.29, 0.717) is 5.01 Å². The summed E-state index contributed by atoms with van der Waals surface area (Å²) in [6.45, 7) is 3.13. The second kappa shape index (κ2) is 7.57. The van der Waals surface area contributed by atoms with Crippen LogP contribution in [0.15, 0.2) is 46.8 Å². The summed E-state index contributed by atoms with van der Waals surface area (Å²) in [7, 11) is -3.36. The van der Waals surface area contributed by atoms with E-state index in [1.165, 1.54) is 5.56 Å². The average molecular weight is 441 g/mol. The molecule has 0 unspecified atom stereocenters. The Morgan fingerprint density at radius 3 is 2.70 bits per heavy atom. The fourth-order valence-corrected chi connectivity index (χ4v) is 5.33. The molecule has 1 fully saturated rings. The molecule has 0 radical (unpaired) electrons. The van der Waals surface area contributed by atoms with E-state index in [1.54, 1.807) is 0 Å². The van der Waals surface area contributed by atoms with Crippen LogP contribution in [-0.4, -0.2) is 56.2 Å². The molecule has 2 aliphatic rings. The van der Waals surface area contributed by atoms with Crippen LogP contribution < -0.4 is 4.90 Å². The van der Waals surface area contributed by atoms with Gasteiger partial charge in [0.05, 0.1) is 18.9 Å². The molecule has 7 nitrogen and oxygen atoms in total. The topological polar surface area (TPSA) is 85.3 Å². The van der Waals surface area contributed by atoms with Crippen molar-refractivity contribution in [3.05, 3.63) is 59.3 Å². The Balaban J connectivity index is 1.48. The van der Waals surface area contributed by atoms with E-state index < -0.39 is 9.84 Å². The summed E-state index contributed by atoms with van der Waals surface area (Å²) in [5.41, 5.74) is 5.22. The number of rotatable bonds is 4. The number of hydrogen-bond donors (Lipinski definition) is 0. The first-order valence-corrected chi connectivity index (χ1v) is 12.4. The van der Waals surface area contributed by atoms with Crippen molar-refractivity contribution in [3.63, 3.8) is 0 Å². The Morgan fingerprint density at radius 1 is 1.10 bits per heavy atom. The molecular weight excluding hydrogens is 420 g/mol. The van der Waals surface area contributed by atoms with E-state index in [-0.39, 0.29) is 4.34 Å². The van der Waals surface area contributed by atoms with Crippen LogP contribution in [0.1, 0.15) is 16.8 Å². The van der Waals surface area contributed by atoms with Crippen LogP contribution in [-0.2, 0) is 21.0 Å². The molecule has 0 spiro atoms. The first-order chi connectivity index (χ1) is 14.5. The molecule has 3 heterocycles. The van der Waals surface area contributed by atoms with E-state index in [9.17, 15) is 8.42 Å². The highest BCUT2D eigenvalue weighted by Gasteiger charge is 2.21. The lowest BCUT2D eigenvalue weighted by Gasteiger charge is -2.28. The number of fused-ring (bicyclic) bond motifs is 1. The van der Waals surface area contributed by atoms with E-state index in [1.807, 2.05) is 24.3 Å². The first kappa shape index (κ1) is 19.3. The standard InChI is InChI=1S/C21H20N4O3S2/c1-30(26,27)21-24-23-20(29-21)15-6-5-14-7-8-16(17(14)13-15)18-3-2-4-19(22-18)25-9-11-28-12-10-25/h2-6,8,13H,7,9-12H2,1H3. The predicted octanol–water partition coefficient (Wildman–Crippen LogP) is 2.83. The van der Waals surface area contributed by atoms with Gasteiger partial charge in [-0.2, -0.15) is 0 Å². The molecule has 0 N–H and O–H groups in total. The van der Waals surface area contributed by atoms with E-state index in [0.717, 1.165) is 78.5 Å². The number of allylic oxidation sites excluding steroid dienone is 1. The van der Waals surface area contributed by atoms with Crippen molar-refractivity contribution >= 4 is 32.6 Å². The van der Waals surface area contributed by atoms with Crippen molar-refractivity contribution in [2.75, 3.05) is 37.5 Å². The number of ether oxygens (including phenoxy) is 1. The third-order valence-electron chi connectivity index (χ3n) is 5.24. The number of anilines is 1. The number of pyridine rings is 1. The Kier molecular flexibility index (Phi) is 4.88. The normalized spacial score (nSPS) is 16.4. The molecule has 0 atom stereocenters. The number of sulfone groups is 1. The summed E-state index contributed by atoms with van der Waals surface area (Å²) in [6.07, 6.45) is 4.19. The van der Waals surface area contributed by atoms with E-state index in [4.69, 9.17) is 9.72 Å². The van der Waals surface area contributed by atoms with Crippen molar-refractivity contribution in [1.29, 1.82) is 0 Å². The highest BCUT2D eigenvalue weighted by Crippen LogP contribution is 2.36. The summed E-state index contributed by atoms with van der Waals surface area (Å²) < 4.78 is 29.0. The number of morpholine rings is 1. The molecule has 154 valence electrons. The highest BCUT2D eigenvalue weighted by molar-refractivity contribution is 7.92. The molecule has 1 aromatic carbocycles. The molecular formula is C21H20N4O3S2. The van der Waals surface area contributed by atoms with Gasteiger partial charge in [0, 0.05) is 30.5 Å². The van der Waals surface area contributed by atoms with E-state index >= 15 is 0 Å². The Labute approximate surface area is 179 Å². The number of benzene rings is 1. The maximum Gasteiger partial charge on any atom is 0.232 e. The minimum atomic E-state index is -3.36. The van der Waals surface area contributed by atoms with Gasteiger partial charge in [0.2, 0.25) is 14.2 Å². The summed E-state index contributed by atoms with van der Waals surface area (Å²) in [4.78, 5) is 7.16. The molecule has 1 aliphatic carbocycles. The summed E-state index contributed by atoms with van der Waals surface area (Å²) in [5, 5.41) is 8.52. The van der Waals surface area contributed by atoms with Gasteiger partial charge in [0.15, 0.2) is 0 Å². The smallest absolute Gasteiger partial charge is 0.232 e. The molecule has 1 aliphatic heterocycles. The number of nitrogens with zero attached hydrogens (tertiary/aromatic N) is 4. The zero-order chi connectivity index (χ0) is 20.7. The molecule has 1 saturated heterocycles. The molecule has 9 heteroatoms. The van der Waals surface area contributed by atoms with Crippen molar-refractivity contribution in [1.82, 2.24) is 15.2 Å². The summed E-state index contributed by atoms with van der Waals surface area (Å²) >= 11 is 1.09. The zero-order valence-electron chi connectivity index (χ0n) is 16.4. The summed E-state index contributed by atoms with van der Waals surface area (Å²) in [6, 6.07) is 12.2. The lowest BCUT2D eigenvalue weighted by Crippen LogP contribution is -2.36. The van der Waals surface area contributed by atoms with Crippen molar-refractivity contribution in [3.8, 4) is 10.6 Å². The third-order valence-corrected chi connectivity index (χ3v) is 7.88. The first-order valence-electron chi connectivity index (χ1n) is 9.66. The zero-order valence-corrected chi connectivity index (χ0v) is 18.0. The Hall–Kier alpha value is -2.62. The van der Waals surface area contributed by atoms with Crippen molar-refractivity contribution in [2.45, 2.75) is 10.8 Å². The van der Waals surface area contributed by atoms with Crippen LogP contribution in [0, 0.1) is 0 Å². The monoisotopic (exact) mass is 440 g/mol. The van der Waals surface area contributed by atoms with Crippen LogP contribution in [0.2, 0.25) is 0 Å². The van der Waals surface area contributed by atoms with Crippen LogP contribution in [0.25, 0.3) is 16.1 Å². The molecule has 30 heavy (non-hydrogen) atoms. The van der Waals surface area contributed by atoms with Gasteiger partial charge in [-0.3, -0.25) is 0 Å².